The number of carbonyl (C=O) groups excluding carboxylic acids is 1. The number of carbonyl (C=O) groups is 2. The maximum absolute atomic E-state index is 12.0. The largest absolute Gasteiger partial charge is 0.481 e. The van der Waals surface area contributed by atoms with E-state index in [0.717, 1.165) is 22.7 Å². The van der Waals surface area contributed by atoms with Crippen molar-refractivity contribution in [3.8, 4) is 9.88 Å². The van der Waals surface area contributed by atoms with Crippen LogP contribution in [-0.2, 0) is 4.79 Å². The topological polar surface area (TPSA) is 79.3 Å². The van der Waals surface area contributed by atoms with Gasteiger partial charge >= 0.3 is 5.97 Å². The van der Waals surface area contributed by atoms with Crippen molar-refractivity contribution in [3.05, 3.63) is 27.5 Å². The Bertz CT molecular complexity index is 654. The van der Waals surface area contributed by atoms with Crippen molar-refractivity contribution in [1.82, 2.24) is 10.3 Å². The molecule has 0 unspecified atom stereocenters. The quantitative estimate of drug-likeness (QED) is 0.701. The van der Waals surface area contributed by atoms with E-state index < -0.39 is 5.97 Å². The number of carboxylic acid groups (broad SMARTS) is 1. The van der Waals surface area contributed by atoms with Crippen LogP contribution in [0.1, 0.15) is 36.2 Å². The van der Waals surface area contributed by atoms with E-state index in [1.807, 2.05) is 6.07 Å². The van der Waals surface area contributed by atoms with Crippen molar-refractivity contribution >= 4 is 46.2 Å². The molecule has 0 bridgehead atoms. The molecule has 2 aromatic rings. The molecule has 0 aliphatic rings. The second-order valence-electron chi connectivity index (χ2n) is 4.60. The van der Waals surface area contributed by atoms with E-state index in [-0.39, 0.29) is 12.3 Å². The predicted molar refractivity (Wildman–Crippen MR) is 88.9 cm³/mol. The number of hydrogen-bond acceptors (Lipinski definition) is 5. The van der Waals surface area contributed by atoms with Crippen molar-refractivity contribution in [1.29, 1.82) is 0 Å². The molecule has 1 amide bonds. The van der Waals surface area contributed by atoms with Gasteiger partial charge in [0.05, 0.1) is 9.21 Å². The number of halogens is 1. The summed E-state index contributed by atoms with van der Waals surface area (Å²) in [5.74, 6) is -0.990. The molecular weight excluding hydrogens is 344 g/mol. The maximum atomic E-state index is 12.0. The molecule has 0 fully saturated rings. The number of thiazole rings is 1. The van der Waals surface area contributed by atoms with Crippen molar-refractivity contribution < 1.29 is 14.7 Å². The summed E-state index contributed by atoms with van der Waals surface area (Å²) in [6.07, 6.45) is 2.34. The van der Waals surface area contributed by atoms with Crippen molar-refractivity contribution in [2.24, 2.45) is 0 Å². The first-order valence-electron chi connectivity index (χ1n) is 6.77. The number of unbranched alkanes of at least 4 members (excludes halogenated alkanes) is 2. The van der Waals surface area contributed by atoms with E-state index >= 15 is 0 Å². The maximum Gasteiger partial charge on any atom is 0.303 e. The van der Waals surface area contributed by atoms with Gasteiger partial charge in [0.1, 0.15) is 10.7 Å². The standard InChI is InChI=1S/C14H15ClN2O3S2/c15-11-6-5-10(22-11)14-17-9(8-21-14)13(20)16-7-3-1-2-4-12(18)19/h5-6,8H,1-4,7H2,(H,16,20)(H,18,19). The summed E-state index contributed by atoms with van der Waals surface area (Å²) >= 11 is 8.73. The summed E-state index contributed by atoms with van der Waals surface area (Å²) < 4.78 is 0.692. The van der Waals surface area contributed by atoms with Crippen LogP contribution in [0.15, 0.2) is 17.5 Å². The fourth-order valence-electron chi connectivity index (χ4n) is 1.79. The zero-order chi connectivity index (χ0) is 15.9. The first kappa shape index (κ1) is 16.9. The fraction of sp³-hybridized carbons (Fsp3) is 0.357. The lowest BCUT2D eigenvalue weighted by Crippen LogP contribution is -2.24. The van der Waals surface area contributed by atoms with Gasteiger partial charge in [-0.1, -0.05) is 18.0 Å². The van der Waals surface area contributed by atoms with Crippen molar-refractivity contribution in [2.45, 2.75) is 25.7 Å². The van der Waals surface area contributed by atoms with Gasteiger partial charge in [-0.15, -0.1) is 22.7 Å². The van der Waals surface area contributed by atoms with Gasteiger partial charge in [0.2, 0.25) is 0 Å². The van der Waals surface area contributed by atoms with E-state index in [1.165, 1.54) is 22.7 Å². The Morgan fingerprint density at radius 3 is 2.77 bits per heavy atom. The monoisotopic (exact) mass is 358 g/mol. The highest BCUT2D eigenvalue weighted by molar-refractivity contribution is 7.23. The lowest BCUT2D eigenvalue weighted by atomic mass is 10.2. The third-order valence-electron chi connectivity index (χ3n) is 2.87. The molecule has 0 radical (unpaired) electrons. The highest BCUT2D eigenvalue weighted by Crippen LogP contribution is 2.32. The molecule has 0 aliphatic heterocycles. The third kappa shape index (κ3) is 5.08. The van der Waals surface area contributed by atoms with E-state index in [4.69, 9.17) is 16.7 Å². The van der Waals surface area contributed by atoms with Crippen molar-refractivity contribution in [2.75, 3.05) is 6.54 Å². The van der Waals surface area contributed by atoms with Gasteiger partial charge in [-0.2, -0.15) is 0 Å². The first-order valence-corrected chi connectivity index (χ1v) is 8.85. The second-order valence-corrected chi connectivity index (χ2v) is 7.18. The van der Waals surface area contributed by atoms with Gasteiger partial charge in [0.25, 0.3) is 5.91 Å². The summed E-state index contributed by atoms with van der Waals surface area (Å²) in [6.45, 7) is 0.524. The SMILES string of the molecule is O=C(O)CCCCCNC(=O)c1csc(-c2ccc(Cl)s2)n1. The van der Waals surface area contributed by atoms with Gasteiger partial charge in [-0.25, -0.2) is 4.98 Å². The number of aromatic nitrogens is 1. The Morgan fingerprint density at radius 1 is 1.27 bits per heavy atom. The van der Waals surface area contributed by atoms with Crippen molar-refractivity contribution in [3.63, 3.8) is 0 Å². The van der Waals surface area contributed by atoms with Crippen LogP contribution in [0.25, 0.3) is 9.88 Å². The first-order chi connectivity index (χ1) is 10.6. The van der Waals surface area contributed by atoms with E-state index in [1.54, 1.807) is 11.4 Å². The van der Waals surface area contributed by atoms with E-state index in [0.29, 0.717) is 23.0 Å². The normalized spacial score (nSPS) is 10.6. The fourth-order valence-corrected chi connectivity index (χ4v) is 3.71. The van der Waals surface area contributed by atoms with Gasteiger partial charge < -0.3 is 10.4 Å². The van der Waals surface area contributed by atoms with Crippen LogP contribution in [-0.4, -0.2) is 28.5 Å². The summed E-state index contributed by atoms with van der Waals surface area (Å²) in [4.78, 5) is 27.6. The summed E-state index contributed by atoms with van der Waals surface area (Å²) in [6, 6.07) is 3.69. The Balaban J connectivity index is 1.76. The van der Waals surface area contributed by atoms with Crippen LogP contribution >= 0.6 is 34.3 Å². The number of amides is 1. The minimum Gasteiger partial charge on any atom is -0.481 e. The lowest BCUT2D eigenvalue weighted by molar-refractivity contribution is -0.137. The molecule has 0 saturated carbocycles. The molecule has 0 aromatic carbocycles. The molecule has 0 aliphatic carbocycles. The minimum atomic E-state index is -0.785. The number of rotatable bonds is 8. The number of nitrogens with zero attached hydrogens (tertiary/aromatic N) is 1. The van der Waals surface area contributed by atoms with E-state index in [9.17, 15) is 9.59 Å². The minimum absolute atomic E-state index is 0.173. The molecular formula is C14H15ClN2O3S2. The number of carboxylic acids is 1. The van der Waals surface area contributed by atoms with Crippen LogP contribution in [0, 0.1) is 0 Å². The Hall–Kier alpha value is -1.44. The summed E-state index contributed by atoms with van der Waals surface area (Å²) in [7, 11) is 0. The molecule has 5 nitrogen and oxygen atoms in total. The molecule has 22 heavy (non-hydrogen) atoms. The molecule has 0 saturated heterocycles. The summed E-state index contributed by atoms with van der Waals surface area (Å²) in [5, 5.41) is 13.8. The molecule has 0 atom stereocenters. The van der Waals surface area contributed by atoms with Crippen LogP contribution in [0.3, 0.4) is 0 Å². The molecule has 118 valence electrons. The number of aliphatic carboxylic acids is 1. The molecule has 2 rings (SSSR count). The molecule has 2 N–H and O–H groups in total. The van der Waals surface area contributed by atoms with Crippen LogP contribution in [0.5, 0.6) is 0 Å². The Morgan fingerprint density at radius 2 is 2.09 bits per heavy atom. The molecule has 2 heterocycles. The number of nitrogens with one attached hydrogen (secondary N) is 1. The lowest BCUT2D eigenvalue weighted by Gasteiger charge is -2.02. The Labute approximate surface area is 141 Å². The van der Waals surface area contributed by atoms with Crippen LogP contribution < -0.4 is 5.32 Å². The van der Waals surface area contributed by atoms with Gasteiger partial charge in [-0.3, -0.25) is 9.59 Å². The number of thiophene rings is 1. The zero-order valence-corrected chi connectivity index (χ0v) is 14.1. The molecule has 2 aromatic heterocycles. The molecule has 0 spiro atoms. The average molecular weight is 359 g/mol. The highest BCUT2D eigenvalue weighted by Gasteiger charge is 2.12. The second kappa shape index (κ2) is 8.26. The van der Waals surface area contributed by atoms with Gasteiger partial charge in [0, 0.05) is 18.3 Å². The van der Waals surface area contributed by atoms with E-state index in [2.05, 4.69) is 10.3 Å². The number of hydrogen-bond donors (Lipinski definition) is 2. The molecule has 8 heteroatoms. The highest BCUT2D eigenvalue weighted by atomic mass is 35.5. The average Bonchev–Trinajstić information content (AvgIpc) is 3.10. The van der Waals surface area contributed by atoms with Gasteiger partial charge in [0.15, 0.2) is 0 Å². The smallest absolute Gasteiger partial charge is 0.303 e. The van der Waals surface area contributed by atoms with Crippen LogP contribution in [0.4, 0.5) is 0 Å². The predicted octanol–water partition coefficient (Wildman–Crippen LogP) is 3.90. The third-order valence-corrected chi connectivity index (χ3v) is 5.12. The zero-order valence-electron chi connectivity index (χ0n) is 11.7. The summed E-state index contributed by atoms with van der Waals surface area (Å²) in [5.41, 5.74) is 0.398. The van der Waals surface area contributed by atoms with Crippen LogP contribution in [0.2, 0.25) is 4.34 Å². The Kier molecular flexibility index (Phi) is 6.35. The van der Waals surface area contributed by atoms with Gasteiger partial charge in [-0.05, 0) is 25.0 Å².